The van der Waals surface area contributed by atoms with Crippen LogP contribution in [0.3, 0.4) is 0 Å². The van der Waals surface area contributed by atoms with Gasteiger partial charge in [-0.1, -0.05) is 6.07 Å². The van der Waals surface area contributed by atoms with E-state index in [1.54, 1.807) is 19.9 Å². The molecular weight excluding hydrogens is 314 g/mol. The van der Waals surface area contributed by atoms with Crippen LogP contribution >= 0.6 is 0 Å². The summed E-state index contributed by atoms with van der Waals surface area (Å²) in [5.41, 5.74) is 1.61. The second-order valence-corrected chi connectivity index (χ2v) is 5.52. The van der Waals surface area contributed by atoms with Crippen LogP contribution in [0.25, 0.3) is 0 Å². The number of aliphatic hydroxyl groups excluding tert-OH is 1. The van der Waals surface area contributed by atoms with Crippen LogP contribution in [0.1, 0.15) is 40.1 Å². The summed E-state index contributed by atoms with van der Waals surface area (Å²) in [5.74, 6) is -2.49. The Kier molecular flexibility index (Phi) is 5.27. The van der Waals surface area contributed by atoms with Gasteiger partial charge in [0, 0.05) is 5.56 Å². The molecule has 0 heterocycles. The van der Waals surface area contributed by atoms with E-state index in [0.29, 0.717) is 16.7 Å². The summed E-state index contributed by atoms with van der Waals surface area (Å²) >= 11 is 0. The highest BCUT2D eigenvalue weighted by atomic mass is 19.2. The summed E-state index contributed by atoms with van der Waals surface area (Å²) < 4.78 is 26.2. The van der Waals surface area contributed by atoms with Crippen molar-refractivity contribution in [2.45, 2.75) is 26.0 Å². The van der Waals surface area contributed by atoms with Crippen molar-refractivity contribution in [3.8, 4) is 6.07 Å². The van der Waals surface area contributed by atoms with Gasteiger partial charge in [-0.2, -0.15) is 5.26 Å². The second-order valence-electron chi connectivity index (χ2n) is 5.52. The topological polar surface area (TPSA) is 73.1 Å². The van der Waals surface area contributed by atoms with Crippen LogP contribution in [0.4, 0.5) is 8.78 Å². The molecule has 0 fully saturated rings. The molecule has 2 N–H and O–H groups in total. The standard InChI is InChI=1S/C18H16F2N2O2/c1-10-7-12(9-21)3-5-14(10)18(24)22-11(2)17(23)13-4-6-15(19)16(20)8-13/h3-8,11,17,23H,1-2H3,(H,22,24). The summed E-state index contributed by atoms with van der Waals surface area (Å²) in [4.78, 5) is 12.3. The first-order valence-electron chi connectivity index (χ1n) is 7.28. The van der Waals surface area contributed by atoms with Gasteiger partial charge in [0.1, 0.15) is 0 Å². The van der Waals surface area contributed by atoms with Crippen molar-refractivity contribution >= 4 is 5.91 Å². The quantitative estimate of drug-likeness (QED) is 0.905. The lowest BCUT2D eigenvalue weighted by atomic mass is 10.0. The lowest BCUT2D eigenvalue weighted by Crippen LogP contribution is -2.37. The van der Waals surface area contributed by atoms with E-state index in [4.69, 9.17) is 5.26 Å². The van der Waals surface area contributed by atoms with E-state index >= 15 is 0 Å². The maximum atomic E-state index is 13.3. The van der Waals surface area contributed by atoms with Crippen molar-refractivity contribution in [3.05, 3.63) is 70.3 Å². The Labute approximate surface area is 138 Å². The van der Waals surface area contributed by atoms with Crippen LogP contribution in [0.2, 0.25) is 0 Å². The second kappa shape index (κ2) is 7.20. The number of carbonyl (C=O) groups is 1. The summed E-state index contributed by atoms with van der Waals surface area (Å²) in [6.45, 7) is 3.26. The first-order chi connectivity index (χ1) is 11.3. The first-order valence-corrected chi connectivity index (χ1v) is 7.28. The van der Waals surface area contributed by atoms with E-state index in [-0.39, 0.29) is 5.56 Å². The number of aryl methyl sites for hydroxylation is 1. The molecule has 4 nitrogen and oxygen atoms in total. The molecule has 0 aliphatic carbocycles. The molecule has 0 spiro atoms. The maximum absolute atomic E-state index is 13.3. The molecule has 0 saturated heterocycles. The third-order valence-corrected chi connectivity index (χ3v) is 3.72. The van der Waals surface area contributed by atoms with Gasteiger partial charge in [-0.15, -0.1) is 0 Å². The van der Waals surface area contributed by atoms with Crippen LogP contribution in [0.5, 0.6) is 0 Å². The number of nitrogens with zero attached hydrogens (tertiary/aromatic N) is 1. The van der Waals surface area contributed by atoms with Crippen LogP contribution in [0, 0.1) is 29.9 Å². The highest BCUT2D eigenvalue weighted by Gasteiger charge is 2.21. The Morgan fingerprint density at radius 3 is 2.50 bits per heavy atom. The van der Waals surface area contributed by atoms with E-state index in [9.17, 15) is 18.7 Å². The predicted molar refractivity (Wildman–Crippen MR) is 84.1 cm³/mol. The Hall–Kier alpha value is -2.78. The van der Waals surface area contributed by atoms with E-state index in [0.717, 1.165) is 12.1 Å². The molecule has 2 aromatic rings. The van der Waals surface area contributed by atoms with Gasteiger partial charge in [-0.3, -0.25) is 4.79 Å². The number of carbonyl (C=O) groups excluding carboxylic acids is 1. The SMILES string of the molecule is Cc1cc(C#N)ccc1C(=O)NC(C)C(O)c1ccc(F)c(F)c1. The zero-order chi connectivity index (χ0) is 17.9. The van der Waals surface area contributed by atoms with Crippen LogP contribution in [-0.4, -0.2) is 17.1 Å². The number of rotatable bonds is 4. The number of benzene rings is 2. The van der Waals surface area contributed by atoms with Crippen molar-refractivity contribution in [3.63, 3.8) is 0 Å². The molecule has 0 aliphatic rings. The lowest BCUT2D eigenvalue weighted by Gasteiger charge is -2.21. The maximum Gasteiger partial charge on any atom is 0.251 e. The molecule has 0 bridgehead atoms. The number of hydrogen-bond donors (Lipinski definition) is 2. The Morgan fingerprint density at radius 1 is 1.21 bits per heavy atom. The number of halogens is 2. The number of hydrogen-bond acceptors (Lipinski definition) is 3. The first kappa shape index (κ1) is 17.6. The zero-order valence-electron chi connectivity index (χ0n) is 13.2. The Balaban J connectivity index is 2.13. The van der Waals surface area contributed by atoms with Crippen molar-refractivity contribution in [1.82, 2.24) is 5.32 Å². The fourth-order valence-corrected chi connectivity index (χ4v) is 2.34. The van der Waals surface area contributed by atoms with Crippen molar-refractivity contribution in [1.29, 1.82) is 5.26 Å². The van der Waals surface area contributed by atoms with Gasteiger partial charge >= 0.3 is 0 Å². The predicted octanol–water partition coefficient (Wildman–Crippen LogP) is 3.00. The average molecular weight is 330 g/mol. The van der Waals surface area contributed by atoms with E-state index in [2.05, 4.69) is 5.32 Å². The molecule has 0 radical (unpaired) electrons. The zero-order valence-corrected chi connectivity index (χ0v) is 13.2. The molecule has 0 saturated carbocycles. The lowest BCUT2D eigenvalue weighted by molar-refractivity contribution is 0.0851. The fraction of sp³-hybridized carbons (Fsp3) is 0.222. The molecule has 0 aliphatic heterocycles. The Morgan fingerprint density at radius 2 is 1.92 bits per heavy atom. The van der Waals surface area contributed by atoms with E-state index in [1.807, 2.05) is 6.07 Å². The van der Waals surface area contributed by atoms with Gasteiger partial charge in [-0.25, -0.2) is 8.78 Å². The number of aliphatic hydroxyl groups is 1. The molecule has 2 rings (SSSR count). The molecule has 2 atom stereocenters. The largest absolute Gasteiger partial charge is 0.386 e. The summed E-state index contributed by atoms with van der Waals surface area (Å²) in [6.07, 6.45) is -1.19. The smallest absolute Gasteiger partial charge is 0.251 e. The summed E-state index contributed by atoms with van der Waals surface area (Å²) in [6, 6.07) is 8.99. The van der Waals surface area contributed by atoms with Gasteiger partial charge in [0.15, 0.2) is 11.6 Å². The number of nitrogens with one attached hydrogen (secondary N) is 1. The van der Waals surface area contributed by atoms with Gasteiger partial charge < -0.3 is 10.4 Å². The van der Waals surface area contributed by atoms with Gasteiger partial charge in [0.2, 0.25) is 0 Å². The van der Waals surface area contributed by atoms with Gasteiger partial charge in [-0.05, 0) is 55.3 Å². The molecule has 2 aromatic carbocycles. The van der Waals surface area contributed by atoms with E-state index in [1.165, 1.54) is 18.2 Å². The average Bonchev–Trinajstić information content (AvgIpc) is 2.56. The summed E-state index contributed by atoms with van der Waals surface area (Å²) in [5, 5.41) is 21.7. The monoisotopic (exact) mass is 330 g/mol. The normalized spacial score (nSPS) is 13.0. The molecular formula is C18H16F2N2O2. The minimum Gasteiger partial charge on any atom is -0.386 e. The van der Waals surface area contributed by atoms with Gasteiger partial charge in [0.05, 0.1) is 23.8 Å². The minimum atomic E-state index is -1.19. The fourth-order valence-electron chi connectivity index (χ4n) is 2.34. The van der Waals surface area contributed by atoms with Crippen LogP contribution in [0.15, 0.2) is 36.4 Å². The molecule has 1 amide bonds. The minimum absolute atomic E-state index is 0.165. The van der Waals surface area contributed by atoms with Crippen LogP contribution in [-0.2, 0) is 0 Å². The van der Waals surface area contributed by atoms with Crippen molar-refractivity contribution < 1.29 is 18.7 Å². The van der Waals surface area contributed by atoms with Crippen molar-refractivity contribution in [2.75, 3.05) is 0 Å². The molecule has 6 heteroatoms. The highest BCUT2D eigenvalue weighted by molar-refractivity contribution is 5.96. The van der Waals surface area contributed by atoms with Crippen LogP contribution < -0.4 is 5.32 Å². The molecule has 124 valence electrons. The third kappa shape index (κ3) is 3.76. The van der Waals surface area contributed by atoms with Gasteiger partial charge in [0.25, 0.3) is 5.91 Å². The molecule has 24 heavy (non-hydrogen) atoms. The molecule has 2 unspecified atom stereocenters. The Bertz CT molecular complexity index is 815. The summed E-state index contributed by atoms with van der Waals surface area (Å²) in [7, 11) is 0. The highest BCUT2D eigenvalue weighted by Crippen LogP contribution is 2.20. The number of amides is 1. The molecule has 0 aromatic heterocycles. The van der Waals surface area contributed by atoms with E-state index < -0.39 is 29.7 Å². The number of nitriles is 1. The van der Waals surface area contributed by atoms with Crippen molar-refractivity contribution in [2.24, 2.45) is 0 Å². The third-order valence-electron chi connectivity index (χ3n) is 3.72.